The van der Waals surface area contributed by atoms with E-state index in [1.165, 1.54) is 0 Å². The van der Waals surface area contributed by atoms with E-state index < -0.39 is 8.69 Å². The Kier molecular flexibility index (Phi) is 19.9. The summed E-state index contributed by atoms with van der Waals surface area (Å²) < 4.78 is 8.46. The first kappa shape index (κ1) is 9.01. The van der Waals surface area contributed by atoms with E-state index in [0.717, 1.165) is 0 Å². The molecule has 0 spiro atoms. The number of hydrogen-bond donors (Lipinski definition) is 1. The van der Waals surface area contributed by atoms with E-state index in [1.54, 1.807) is 0 Å². The Labute approximate surface area is 58.5 Å². The van der Waals surface area contributed by atoms with Gasteiger partial charge in [0, 0.05) is 0 Å². The van der Waals surface area contributed by atoms with E-state index in [-0.39, 0.29) is 40.6 Å². The van der Waals surface area contributed by atoms with Crippen molar-refractivity contribution in [1.29, 1.82) is 0 Å². The maximum atomic E-state index is 8.46. The molecule has 0 heterocycles. The van der Waals surface area contributed by atoms with Crippen molar-refractivity contribution >= 4 is 46.4 Å². The number of rotatable bonds is 0. The average molecular weight is 106 g/mol. The molecule has 0 aliphatic rings. The van der Waals surface area contributed by atoms with Crippen LogP contribution in [-0.2, 0) is 4.57 Å². The molecule has 0 saturated carbocycles. The summed E-state index contributed by atoms with van der Waals surface area (Å²) in [6.45, 7) is 0. The van der Waals surface area contributed by atoms with Gasteiger partial charge >= 0.3 is 46.4 Å². The van der Waals surface area contributed by atoms with E-state index in [4.69, 9.17) is 9.46 Å². The van der Waals surface area contributed by atoms with Crippen LogP contribution in [0.15, 0.2) is 0 Å². The molecule has 0 aromatic rings. The quantitative estimate of drug-likeness (QED) is 0.349. The molecular weight excluding hydrogens is 103 g/mol. The molecule has 0 aliphatic heterocycles. The van der Waals surface area contributed by atoms with Crippen LogP contribution in [0, 0.1) is 0 Å². The van der Waals surface area contributed by atoms with Crippen molar-refractivity contribution in [1.82, 2.24) is 0 Å². The zero-order valence-corrected chi connectivity index (χ0v) is 5.11. The molecule has 0 rings (SSSR count). The van der Waals surface area contributed by atoms with Gasteiger partial charge in [-0.15, -0.1) is 0 Å². The van der Waals surface area contributed by atoms with Gasteiger partial charge in [-0.3, -0.25) is 0 Å². The summed E-state index contributed by atoms with van der Waals surface area (Å²) in [6, 6.07) is 0. The van der Waals surface area contributed by atoms with Crippen molar-refractivity contribution in [3.8, 4) is 0 Å². The second-order valence-corrected chi connectivity index (χ2v) is 0.245. The van der Waals surface area contributed by atoms with Crippen molar-refractivity contribution in [2.75, 3.05) is 0 Å². The van der Waals surface area contributed by atoms with Crippen molar-refractivity contribution in [2.45, 2.75) is 0 Å². The molecule has 0 radical (unpaired) electrons. The second kappa shape index (κ2) is 8.85. The third-order valence-electron chi connectivity index (χ3n) is 0. The van der Waals surface area contributed by atoms with Crippen LogP contribution in [0.2, 0.25) is 0 Å². The molecule has 0 bridgehead atoms. The van der Waals surface area contributed by atoms with Gasteiger partial charge in [0.15, 0.2) is 0 Å². The van der Waals surface area contributed by atoms with Gasteiger partial charge < -0.3 is 7.75 Å². The van der Waals surface area contributed by atoms with Crippen LogP contribution in [-0.4, -0.2) is 42.6 Å². The largest absolute Gasteiger partial charge is 2.00 e. The van der Waals surface area contributed by atoms with Gasteiger partial charge in [-0.05, 0) is 0 Å². The maximum absolute atomic E-state index is 8.46. The third-order valence-corrected chi connectivity index (χ3v) is 0. The molecule has 0 amide bonds. The Hall–Kier alpha value is 1.32. The van der Waals surface area contributed by atoms with Crippen LogP contribution >= 0.6 is 8.69 Å². The summed E-state index contributed by atoms with van der Waals surface area (Å²) in [5, 5.41) is 0. The molecule has 4 heavy (non-hydrogen) atoms. The summed E-state index contributed by atoms with van der Waals surface area (Å²) in [6.07, 6.45) is 0. The predicted molar refractivity (Wildman–Crippen MR) is 17.8 cm³/mol. The molecule has 22 valence electrons. The zero-order valence-electron chi connectivity index (χ0n) is 4.01. The number of hydrogen-bond acceptors (Lipinski definition) is 1. The van der Waals surface area contributed by atoms with Gasteiger partial charge in [0.1, 0.15) is 0 Å². The SMILES string of the molecule is O=PO.[Ca+2].[H-].[H-]. The summed E-state index contributed by atoms with van der Waals surface area (Å²) in [5.41, 5.74) is 0. The minimum atomic E-state index is -0.833. The fourth-order valence-electron chi connectivity index (χ4n) is 0. The Morgan fingerprint density at radius 3 is 2.00 bits per heavy atom. The van der Waals surface area contributed by atoms with Gasteiger partial charge in [-0.25, -0.2) is 4.57 Å². The summed E-state index contributed by atoms with van der Waals surface area (Å²) in [4.78, 5) is 6.99. The molecule has 4 heteroatoms. The first-order valence-electron chi connectivity index (χ1n) is 0.383. The first-order chi connectivity index (χ1) is 1.41. The van der Waals surface area contributed by atoms with Crippen LogP contribution in [0.4, 0.5) is 0 Å². The zero-order chi connectivity index (χ0) is 2.71. The molecule has 0 aromatic heterocycles. The van der Waals surface area contributed by atoms with E-state index >= 15 is 0 Å². The Morgan fingerprint density at radius 1 is 2.00 bits per heavy atom. The Morgan fingerprint density at radius 2 is 2.00 bits per heavy atom. The normalized spacial score (nSPS) is 5.25. The van der Waals surface area contributed by atoms with Crippen molar-refractivity contribution < 1.29 is 12.3 Å². The minimum absolute atomic E-state index is 0. The van der Waals surface area contributed by atoms with Crippen LogP contribution in [0.1, 0.15) is 2.85 Å². The van der Waals surface area contributed by atoms with E-state index in [0.29, 0.717) is 0 Å². The maximum Gasteiger partial charge on any atom is 2.00 e. The molecular formula is H3CaO2P. The molecule has 0 saturated heterocycles. The monoisotopic (exact) mass is 106 g/mol. The van der Waals surface area contributed by atoms with Crippen LogP contribution < -0.4 is 0 Å². The third kappa shape index (κ3) is 10.3. The Balaban J connectivity index is -0.00000000667. The van der Waals surface area contributed by atoms with Crippen LogP contribution in [0.5, 0.6) is 0 Å². The predicted octanol–water partition coefficient (Wildman–Crippen LogP) is 0.0296. The van der Waals surface area contributed by atoms with Gasteiger partial charge in [-0.2, -0.15) is 0 Å². The first-order valence-corrected chi connectivity index (χ1v) is 1.15. The van der Waals surface area contributed by atoms with Crippen LogP contribution in [0.3, 0.4) is 0 Å². The van der Waals surface area contributed by atoms with Gasteiger partial charge in [0.25, 0.3) is 0 Å². The van der Waals surface area contributed by atoms with Crippen molar-refractivity contribution in [3.63, 3.8) is 0 Å². The van der Waals surface area contributed by atoms with Crippen molar-refractivity contribution in [3.05, 3.63) is 0 Å². The molecule has 2 nitrogen and oxygen atoms in total. The summed E-state index contributed by atoms with van der Waals surface area (Å²) >= 11 is 0. The molecule has 0 atom stereocenters. The second-order valence-electron chi connectivity index (χ2n) is 0.0816. The van der Waals surface area contributed by atoms with Gasteiger partial charge in [0.2, 0.25) is 0 Å². The standard InChI is InChI=1S/Ca.HO2P.2H/c;1-3-2;;/h;(H,1,2);;/q+2;;2*-1. The fourth-order valence-corrected chi connectivity index (χ4v) is 0. The fraction of sp³-hybridized carbons (Fsp3) is 0. The average Bonchev–Trinajstić information content (AvgIpc) is 0.918. The van der Waals surface area contributed by atoms with E-state index in [2.05, 4.69) is 0 Å². The van der Waals surface area contributed by atoms with E-state index in [1.807, 2.05) is 0 Å². The van der Waals surface area contributed by atoms with Gasteiger partial charge in [0.05, 0.1) is 0 Å². The van der Waals surface area contributed by atoms with E-state index in [9.17, 15) is 0 Å². The minimum Gasteiger partial charge on any atom is -1.00 e. The Bertz CT molecular complexity index is 19.0. The van der Waals surface area contributed by atoms with Crippen LogP contribution in [0.25, 0.3) is 0 Å². The smallest absolute Gasteiger partial charge is 1.00 e. The van der Waals surface area contributed by atoms with Gasteiger partial charge in [-0.1, -0.05) is 0 Å². The molecule has 0 unspecified atom stereocenters. The summed E-state index contributed by atoms with van der Waals surface area (Å²) in [7, 11) is -0.833. The topological polar surface area (TPSA) is 37.3 Å². The summed E-state index contributed by atoms with van der Waals surface area (Å²) in [5.74, 6) is 0. The molecule has 0 aromatic carbocycles. The molecule has 0 fully saturated rings. The molecule has 1 N–H and O–H groups in total. The van der Waals surface area contributed by atoms with Crippen molar-refractivity contribution in [2.24, 2.45) is 0 Å². The molecule has 0 aliphatic carbocycles.